The molecule has 0 spiro atoms. The summed E-state index contributed by atoms with van der Waals surface area (Å²) >= 11 is 0. The zero-order valence-corrected chi connectivity index (χ0v) is 11.3. The van der Waals surface area contributed by atoms with E-state index in [1.54, 1.807) is 13.8 Å². The fourth-order valence-electron chi connectivity index (χ4n) is 2.19. The van der Waals surface area contributed by atoms with Gasteiger partial charge in [0.2, 0.25) is 5.91 Å². The Kier molecular flexibility index (Phi) is 5.10. The van der Waals surface area contributed by atoms with Gasteiger partial charge in [-0.25, -0.2) is 4.79 Å². The number of rotatable bonds is 5. The van der Waals surface area contributed by atoms with Crippen LogP contribution in [0.3, 0.4) is 0 Å². The summed E-state index contributed by atoms with van der Waals surface area (Å²) in [6.45, 7) is 7.00. The number of β-amino-alcohol motifs (C(OH)–C–C–N with tert-alkyl or cyclic N) is 1. The van der Waals surface area contributed by atoms with E-state index in [0.717, 1.165) is 12.8 Å². The first-order chi connectivity index (χ1) is 8.41. The summed E-state index contributed by atoms with van der Waals surface area (Å²) in [6, 6.07) is -0.872. The molecule has 1 atom stereocenters. The summed E-state index contributed by atoms with van der Waals surface area (Å²) in [5, 5.41) is 14.8. The number of aliphatic hydroxyl groups is 1. The monoisotopic (exact) mass is 257 g/mol. The van der Waals surface area contributed by atoms with E-state index in [1.807, 2.05) is 11.8 Å². The van der Waals surface area contributed by atoms with Crippen LogP contribution >= 0.6 is 0 Å². The van der Waals surface area contributed by atoms with Crippen LogP contribution in [0.1, 0.15) is 33.6 Å². The van der Waals surface area contributed by atoms with E-state index < -0.39 is 17.7 Å². The van der Waals surface area contributed by atoms with E-state index in [0.29, 0.717) is 19.6 Å². The number of carbonyl (C=O) groups excluding carboxylic acids is 2. The summed E-state index contributed by atoms with van der Waals surface area (Å²) in [6.07, 6.45) is 1.66. The molecule has 0 aromatic rings. The molecule has 0 bridgehead atoms. The van der Waals surface area contributed by atoms with E-state index >= 15 is 0 Å². The van der Waals surface area contributed by atoms with E-state index in [4.69, 9.17) is 0 Å². The minimum atomic E-state index is -0.658. The lowest BCUT2D eigenvalue weighted by Crippen LogP contribution is -2.66. The molecule has 0 radical (unpaired) electrons. The van der Waals surface area contributed by atoms with Crippen LogP contribution < -0.4 is 10.6 Å². The minimum absolute atomic E-state index is 0.334. The van der Waals surface area contributed by atoms with Crippen molar-refractivity contribution >= 4 is 11.9 Å². The third kappa shape index (κ3) is 3.68. The van der Waals surface area contributed by atoms with Gasteiger partial charge in [0, 0.05) is 19.6 Å². The molecule has 3 amide bonds. The highest BCUT2D eigenvalue weighted by molar-refractivity contribution is 5.96. The maximum Gasteiger partial charge on any atom is 0.321 e. The van der Waals surface area contributed by atoms with Gasteiger partial charge in [0.1, 0.15) is 0 Å². The Hall–Kier alpha value is -1.14. The van der Waals surface area contributed by atoms with Gasteiger partial charge >= 0.3 is 6.03 Å². The summed E-state index contributed by atoms with van der Waals surface area (Å²) < 4.78 is 0. The number of carbonyl (C=O) groups is 2. The third-order valence-electron chi connectivity index (χ3n) is 3.21. The molecule has 1 rings (SSSR count). The van der Waals surface area contributed by atoms with Crippen molar-refractivity contribution in [1.82, 2.24) is 15.5 Å². The summed E-state index contributed by atoms with van der Waals surface area (Å²) in [5.74, 6) is -0.334. The molecule has 0 aliphatic carbocycles. The minimum Gasteiger partial charge on any atom is -0.387 e. The van der Waals surface area contributed by atoms with Gasteiger partial charge in [-0.05, 0) is 20.3 Å². The van der Waals surface area contributed by atoms with Crippen LogP contribution in [0.25, 0.3) is 0 Å². The van der Waals surface area contributed by atoms with Crippen molar-refractivity contribution in [3.05, 3.63) is 0 Å². The largest absolute Gasteiger partial charge is 0.387 e. The molecule has 1 unspecified atom stereocenters. The Morgan fingerprint density at radius 1 is 1.39 bits per heavy atom. The standard InChI is InChI=1S/C12H23N3O3/c1-4-6-12(18)7-15(8-12)9(3)10(16)14-11(17)13-5-2/h9,18H,4-8H2,1-3H3,(H2,13,14,16,17). The lowest BCUT2D eigenvalue weighted by atomic mass is 9.88. The molecule has 3 N–H and O–H groups in total. The Balaban J connectivity index is 2.36. The van der Waals surface area contributed by atoms with Gasteiger partial charge in [0.05, 0.1) is 11.6 Å². The molecule has 1 saturated heterocycles. The fourth-order valence-corrected chi connectivity index (χ4v) is 2.19. The number of likely N-dealkylation sites (tertiary alicyclic amines) is 1. The Labute approximate surface area is 108 Å². The Bertz CT molecular complexity index is 314. The number of nitrogens with zero attached hydrogens (tertiary/aromatic N) is 1. The lowest BCUT2D eigenvalue weighted by molar-refractivity contribution is -0.142. The van der Waals surface area contributed by atoms with Gasteiger partial charge in [-0.1, -0.05) is 13.3 Å². The van der Waals surface area contributed by atoms with Gasteiger partial charge in [-0.15, -0.1) is 0 Å². The second-order valence-electron chi connectivity index (χ2n) is 4.90. The van der Waals surface area contributed by atoms with Crippen molar-refractivity contribution in [3.8, 4) is 0 Å². The molecule has 1 aliphatic heterocycles. The Morgan fingerprint density at radius 2 is 2.00 bits per heavy atom. The van der Waals surface area contributed by atoms with Crippen LogP contribution in [0, 0.1) is 0 Å². The SMILES string of the molecule is CCCC1(O)CN(C(C)C(=O)NC(=O)NCC)C1. The van der Waals surface area contributed by atoms with Crippen molar-refractivity contribution in [2.24, 2.45) is 0 Å². The first-order valence-corrected chi connectivity index (χ1v) is 6.47. The quantitative estimate of drug-likeness (QED) is 0.651. The zero-order valence-electron chi connectivity index (χ0n) is 11.3. The number of hydrogen-bond acceptors (Lipinski definition) is 4. The molecule has 6 nitrogen and oxygen atoms in total. The number of hydrogen-bond donors (Lipinski definition) is 3. The highest BCUT2D eigenvalue weighted by Crippen LogP contribution is 2.27. The topological polar surface area (TPSA) is 81.7 Å². The van der Waals surface area contributed by atoms with Gasteiger partial charge in [0.25, 0.3) is 0 Å². The van der Waals surface area contributed by atoms with Crippen LogP contribution in [0.5, 0.6) is 0 Å². The molecule has 1 aliphatic rings. The van der Waals surface area contributed by atoms with E-state index in [1.165, 1.54) is 0 Å². The van der Waals surface area contributed by atoms with Crippen molar-refractivity contribution in [3.63, 3.8) is 0 Å². The van der Waals surface area contributed by atoms with Gasteiger partial charge in [0.15, 0.2) is 0 Å². The fraction of sp³-hybridized carbons (Fsp3) is 0.833. The van der Waals surface area contributed by atoms with Crippen molar-refractivity contribution in [1.29, 1.82) is 0 Å². The predicted molar refractivity (Wildman–Crippen MR) is 68.1 cm³/mol. The number of nitrogens with one attached hydrogen (secondary N) is 2. The average Bonchev–Trinajstić information content (AvgIpc) is 2.25. The molecule has 1 heterocycles. The maximum absolute atomic E-state index is 11.7. The molecule has 6 heteroatoms. The Morgan fingerprint density at radius 3 is 2.50 bits per heavy atom. The normalized spacial score (nSPS) is 19.8. The first-order valence-electron chi connectivity index (χ1n) is 6.47. The zero-order chi connectivity index (χ0) is 13.8. The maximum atomic E-state index is 11.7. The summed E-state index contributed by atoms with van der Waals surface area (Å²) in [7, 11) is 0. The highest BCUT2D eigenvalue weighted by Gasteiger charge is 2.43. The lowest BCUT2D eigenvalue weighted by Gasteiger charge is -2.48. The van der Waals surface area contributed by atoms with Gasteiger partial charge in [-0.2, -0.15) is 0 Å². The number of urea groups is 1. The van der Waals surface area contributed by atoms with E-state index in [2.05, 4.69) is 10.6 Å². The van der Waals surface area contributed by atoms with E-state index in [9.17, 15) is 14.7 Å². The van der Waals surface area contributed by atoms with Crippen LogP contribution in [-0.4, -0.2) is 53.2 Å². The molecule has 1 fully saturated rings. The van der Waals surface area contributed by atoms with Crippen molar-refractivity contribution in [2.75, 3.05) is 19.6 Å². The van der Waals surface area contributed by atoms with Gasteiger partial charge < -0.3 is 10.4 Å². The second-order valence-corrected chi connectivity index (χ2v) is 4.90. The average molecular weight is 257 g/mol. The molecule has 18 heavy (non-hydrogen) atoms. The number of amides is 3. The summed E-state index contributed by atoms with van der Waals surface area (Å²) in [4.78, 5) is 24.8. The van der Waals surface area contributed by atoms with Crippen molar-refractivity contribution < 1.29 is 14.7 Å². The van der Waals surface area contributed by atoms with Crippen LogP contribution in [-0.2, 0) is 4.79 Å². The molecular formula is C12H23N3O3. The number of imide groups is 1. The molecule has 104 valence electrons. The van der Waals surface area contributed by atoms with Crippen LogP contribution in [0.15, 0.2) is 0 Å². The molecule has 0 aromatic carbocycles. The van der Waals surface area contributed by atoms with Crippen molar-refractivity contribution in [2.45, 2.75) is 45.3 Å². The molecular weight excluding hydrogens is 234 g/mol. The van der Waals surface area contributed by atoms with Gasteiger partial charge in [-0.3, -0.25) is 15.0 Å². The van der Waals surface area contributed by atoms with Crippen LogP contribution in [0.2, 0.25) is 0 Å². The predicted octanol–water partition coefficient (Wildman–Crippen LogP) is 0.0674. The second kappa shape index (κ2) is 6.15. The smallest absolute Gasteiger partial charge is 0.321 e. The van der Waals surface area contributed by atoms with E-state index in [-0.39, 0.29) is 5.91 Å². The summed E-state index contributed by atoms with van der Waals surface area (Å²) in [5.41, 5.74) is -0.658. The molecule has 0 saturated carbocycles. The third-order valence-corrected chi connectivity index (χ3v) is 3.21. The first kappa shape index (κ1) is 14.9. The highest BCUT2D eigenvalue weighted by atomic mass is 16.3. The van der Waals surface area contributed by atoms with Crippen LogP contribution in [0.4, 0.5) is 4.79 Å². The molecule has 0 aromatic heterocycles.